The number of carbonyl (C=O) groups excluding carboxylic acids is 2. The Kier molecular flexibility index (Phi) is 4.38. The minimum absolute atomic E-state index is 0.0989. The topological polar surface area (TPSA) is 101 Å². The number of aromatic nitrogens is 2. The Morgan fingerprint density at radius 3 is 2.07 bits per heavy atom. The molecule has 2 heterocycles. The summed E-state index contributed by atoms with van der Waals surface area (Å²) in [4.78, 5) is 30.2. The molecule has 0 aliphatic heterocycles. The first-order valence-corrected chi connectivity index (χ1v) is 8.72. The molecule has 27 heavy (non-hydrogen) atoms. The molecule has 0 fully saturated rings. The summed E-state index contributed by atoms with van der Waals surface area (Å²) in [5, 5.41) is 16.1. The molecule has 1 unspecified atom stereocenters. The van der Waals surface area contributed by atoms with Gasteiger partial charge in [0.1, 0.15) is 0 Å². The molecule has 0 radical (unpaired) electrons. The molecular formula is C21H18N3O3-. The third kappa shape index (κ3) is 3.42. The van der Waals surface area contributed by atoms with Crippen LogP contribution in [0.5, 0.6) is 0 Å². The van der Waals surface area contributed by atoms with Gasteiger partial charge in [0.25, 0.3) is 0 Å². The summed E-state index contributed by atoms with van der Waals surface area (Å²) in [5.41, 5.74) is 3.52. The van der Waals surface area contributed by atoms with Gasteiger partial charge in [0.05, 0.1) is 18.4 Å². The van der Waals surface area contributed by atoms with Crippen molar-refractivity contribution in [1.82, 2.24) is 15.3 Å². The molecule has 0 saturated heterocycles. The van der Waals surface area contributed by atoms with Crippen LogP contribution < -0.4 is 10.4 Å². The normalized spacial score (nSPS) is 12.3. The molecule has 0 aliphatic rings. The molecule has 2 aromatic carbocycles. The summed E-state index contributed by atoms with van der Waals surface area (Å²) in [5.74, 6) is -1.65. The summed E-state index contributed by atoms with van der Waals surface area (Å²) in [6.07, 6.45) is 3.80. The molecule has 0 bridgehead atoms. The lowest BCUT2D eigenvalue weighted by atomic mass is 10.0. The smallest absolute Gasteiger partial charge is 0.225 e. The van der Waals surface area contributed by atoms with E-state index in [-0.39, 0.29) is 18.7 Å². The summed E-state index contributed by atoms with van der Waals surface area (Å²) in [7, 11) is 0. The molecule has 136 valence electrons. The Morgan fingerprint density at radius 2 is 1.44 bits per heavy atom. The second-order valence-corrected chi connectivity index (χ2v) is 6.54. The number of aromatic amines is 2. The van der Waals surface area contributed by atoms with Crippen LogP contribution in [0, 0.1) is 0 Å². The van der Waals surface area contributed by atoms with E-state index in [1.807, 2.05) is 48.5 Å². The zero-order valence-corrected chi connectivity index (χ0v) is 14.5. The van der Waals surface area contributed by atoms with Gasteiger partial charge in [0.15, 0.2) is 0 Å². The first-order valence-electron chi connectivity index (χ1n) is 8.72. The van der Waals surface area contributed by atoms with E-state index in [0.717, 1.165) is 32.9 Å². The molecule has 0 spiro atoms. The molecule has 3 N–H and O–H groups in total. The maximum absolute atomic E-state index is 12.4. The number of nitrogens with one attached hydrogen (secondary N) is 3. The van der Waals surface area contributed by atoms with Crippen LogP contribution in [0.25, 0.3) is 21.8 Å². The zero-order valence-electron chi connectivity index (χ0n) is 14.5. The Bertz CT molecular complexity index is 1130. The van der Waals surface area contributed by atoms with E-state index >= 15 is 0 Å². The van der Waals surface area contributed by atoms with E-state index in [9.17, 15) is 14.7 Å². The van der Waals surface area contributed by atoms with Gasteiger partial charge in [0.2, 0.25) is 5.91 Å². The second-order valence-electron chi connectivity index (χ2n) is 6.54. The Morgan fingerprint density at radius 1 is 0.889 bits per heavy atom. The largest absolute Gasteiger partial charge is 0.548 e. The lowest BCUT2D eigenvalue weighted by Gasteiger charge is -2.19. The molecule has 1 amide bonds. The van der Waals surface area contributed by atoms with Crippen LogP contribution in [0.15, 0.2) is 60.9 Å². The van der Waals surface area contributed by atoms with Crippen molar-refractivity contribution in [2.45, 2.75) is 18.9 Å². The first-order chi connectivity index (χ1) is 13.1. The fourth-order valence-corrected chi connectivity index (χ4v) is 3.41. The number of benzene rings is 2. The molecule has 6 nitrogen and oxygen atoms in total. The molecule has 4 aromatic rings. The SMILES string of the molecule is O=C(Cc1c[nH]c2ccccc12)NC(Cc1c[nH]c2ccccc12)C(=O)[O-]. The number of H-pyrrole nitrogens is 2. The van der Waals surface area contributed by atoms with E-state index in [4.69, 9.17) is 0 Å². The van der Waals surface area contributed by atoms with E-state index < -0.39 is 12.0 Å². The van der Waals surface area contributed by atoms with Crippen molar-refractivity contribution >= 4 is 33.7 Å². The quantitative estimate of drug-likeness (QED) is 0.487. The second kappa shape index (κ2) is 6.99. The van der Waals surface area contributed by atoms with E-state index in [1.165, 1.54) is 0 Å². The van der Waals surface area contributed by atoms with Crippen molar-refractivity contribution in [2.75, 3.05) is 0 Å². The van der Waals surface area contributed by atoms with Gasteiger partial charge < -0.3 is 25.2 Å². The number of hydrogen-bond acceptors (Lipinski definition) is 3. The van der Waals surface area contributed by atoms with Crippen LogP contribution in [0.4, 0.5) is 0 Å². The summed E-state index contributed by atoms with van der Waals surface area (Å²) < 4.78 is 0. The molecule has 1 atom stereocenters. The Labute approximate surface area is 155 Å². The summed E-state index contributed by atoms with van der Waals surface area (Å²) in [6.45, 7) is 0. The lowest BCUT2D eigenvalue weighted by molar-refractivity contribution is -0.308. The maximum Gasteiger partial charge on any atom is 0.225 e. The molecule has 0 saturated carbocycles. The summed E-state index contributed by atoms with van der Waals surface area (Å²) in [6, 6.07) is 14.2. The number of fused-ring (bicyclic) bond motifs is 2. The molecule has 0 aliphatic carbocycles. The van der Waals surface area contributed by atoms with Crippen LogP contribution in [0.2, 0.25) is 0 Å². The van der Waals surface area contributed by atoms with Crippen LogP contribution in [0.1, 0.15) is 11.1 Å². The number of rotatable bonds is 6. The minimum Gasteiger partial charge on any atom is -0.548 e. The third-order valence-electron chi connectivity index (χ3n) is 4.74. The fourth-order valence-electron chi connectivity index (χ4n) is 3.41. The molecular weight excluding hydrogens is 342 g/mol. The lowest BCUT2D eigenvalue weighted by Crippen LogP contribution is -2.49. The third-order valence-corrected chi connectivity index (χ3v) is 4.74. The van der Waals surface area contributed by atoms with E-state index in [2.05, 4.69) is 15.3 Å². The number of carboxylic acid groups (broad SMARTS) is 1. The average molecular weight is 360 g/mol. The monoisotopic (exact) mass is 360 g/mol. The molecule has 2 aromatic heterocycles. The Hall–Kier alpha value is -3.54. The number of carboxylic acids is 1. The first kappa shape index (κ1) is 16.9. The van der Waals surface area contributed by atoms with Crippen molar-refractivity contribution in [3.8, 4) is 0 Å². The van der Waals surface area contributed by atoms with Crippen molar-refractivity contribution in [1.29, 1.82) is 0 Å². The van der Waals surface area contributed by atoms with Crippen LogP contribution >= 0.6 is 0 Å². The Balaban J connectivity index is 1.49. The van der Waals surface area contributed by atoms with Crippen molar-refractivity contribution in [3.05, 3.63) is 72.1 Å². The van der Waals surface area contributed by atoms with Crippen LogP contribution in [0.3, 0.4) is 0 Å². The highest BCUT2D eigenvalue weighted by Gasteiger charge is 2.17. The highest BCUT2D eigenvalue weighted by Crippen LogP contribution is 2.20. The highest BCUT2D eigenvalue weighted by molar-refractivity contribution is 5.91. The number of carbonyl (C=O) groups is 2. The van der Waals surface area contributed by atoms with E-state index in [0.29, 0.717) is 0 Å². The van der Waals surface area contributed by atoms with Gasteiger partial charge in [-0.3, -0.25) is 4.79 Å². The number of hydrogen-bond donors (Lipinski definition) is 3. The van der Waals surface area contributed by atoms with Gasteiger partial charge in [-0.2, -0.15) is 0 Å². The van der Waals surface area contributed by atoms with Crippen LogP contribution in [-0.4, -0.2) is 27.9 Å². The van der Waals surface area contributed by atoms with E-state index in [1.54, 1.807) is 12.4 Å². The summed E-state index contributed by atoms with van der Waals surface area (Å²) >= 11 is 0. The van der Waals surface area contributed by atoms with Gasteiger partial charge in [-0.15, -0.1) is 0 Å². The number of aliphatic carboxylic acids is 1. The number of para-hydroxylation sites is 2. The minimum atomic E-state index is -1.30. The predicted molar refractivity (Wildman–Crippen MR) is 101 cm³/mol. The van der Waals surface area contributed by atoms with Gasteiger partial charge in [-0.05, 0) is 23.3 Å². The van der Waals surface area contributed by atoms with Crippen molar-refractivity contribution in [3.63, 3.8) is 0 Å². The van der Waals surface area contributed by atoms with Gasteiger partial charge in [-0.25, -0.2) is 0 Å². The standard InChI is InChI=1S/C21H19N3O3/c25-20(10-14-12-23-18-8-4-2-6-16(14)18)24-19(21(26)27)9-13-11-22-17-7-3-1-5-15(13)17/h1-8,11-12,19,22-23H,9-10H2,(H,24,25)(H,26,27)/p-1. The van der Waals surface area contributed by atoms with Gasteiger partial charge >= 0.3 is 0 Å². The fraction of sp³-hybridized carbons (Fsp3) is 0.143. The molecule has 4 rings (SSSR count). The van der Waals surface area contributed by atoms with Crippen LogP contribution in [-0.2, 0) is 22.4 Å². The highest BCUT2D eigenvalue weighted by atomic mass is 16.4. The molecule has 6 heteroatoms. The van der Waals surface area contributed by atoms with Gasteiger partial charge in [-0.1, -0.05) is 36.4 Å². The van der Waals surface area contributed by atoms with Crippen molar-refractivity contribution in [2.24, 2.45) is 0 Å². The zero-order chi connectivity index (χ0) is 18.8. The van der Waals surface area contributed by atoms with Crippen molar-refractivity contribution < 1.29 is 14.7 Å². The van der Waals surface area contributed by atoms with Gasteiger partial charge in [0, 0.05) is 40.6 Å². The predicted octanol–water partition coefficient (Wildman–Crippen LogP) is 1.67. The number of amides is 1. The average Bonchev–Trinajstić information content (AvgIpc) is 3.26. The maximum atomic E-state index is 12.4.